The number of sulfonamides is 1. The summed E-state index contributed by atoms with van der Waals surface area (Å²) in [5.74, 6) is -0.0693. The summed E-state index contributed by atoms with van der Waals surface area (Å²) >= 11 is 0. The van der Waals surface area contributed by atoms with E-state index >= 15 is 0 Å². The quantitative estimate of drug-likeness (QED) is 0.567. The van der Waals surface area contributed by atoms with Crippen LogP contribution in [0.25, 0.3) is 11.0 Å². The summed E-state index contributed by atoms with van der Waals surface area (Å²) in [6, 6.07) is 14.3. The van der Waals surface area contributed by atoms with Crippen LogP contribution >= 0.6 is 0 Å². The molecule has 0 saturated carbocycles. The minimum Gasteiger partial charge on any atom is -0.350 e. The second kappa shape index (κ2) is 9.40. The van der Waals surface area contributed by atoms with E-state index in [2.05, 4.69) is 10.3 Å². The Kier molecular flexibility index (Phi) is 6.89. The highest BCUT2D eigenvalue weighted by Crippen LogP contribution is 2.19. The SMILES string of the molecule is CCN(CC)S(=O)(=O)c1ccc(C(C)NC(=O)CCn2cnc3ccccc32)cc1. The molecule has 3 rings (SSSR count). The fourth-order valence-electron chi connectivity index (χ4n) is 3.45. The summed E-state index contributed by atoms with van der Waals surface area (Å²) in [5.41, 5.74) is 2.77. The number of nitrogens with one attached hydrogen (secondary N) is 1. The third-order valence-corrected chi connectivity index (χ3v) is 7.27. The number of hydrogen-bond acceptors (Lipinski definition) is 4. The molecule has 1 heterocycles. The predicted molar refractivity (Wildman–Crippen MR) is 117 cm³/mol. The zero-order chi connectivity index (χ0) is 21.7. The molecule has 1 aromatic heterocycles. The second-order valence-corrected chi connectivity index (χ2v) is 9.06. The number of para-hydroxylation sites is 2. The van der Waals surface area contributed by atoms with Gasteiger partial charge in [-0.05, 0) is 36.8 Å². The largest absolute Gasteiger partial charge is 0.350 e. The molecule has 160 valence electrons. The molecule has 0 aliphatic rings. The lowest BCUT2D eigenvalue weighted by Crippen LogP contribution is -2.30. The van der Waals surface area contributed by atoms with Crippen molar-refractivity contribution in [1.29, 1.82) is 0 Å². The average molecular weight is 429 g/mol. The highest BCUT2D eigenvalue weighted by atomic mass is 32.2. The Morgan fingerprint density at radius 1 is 1.10 bits per heavy atom. The number of fused-ring (bicyclic) bond motifs is 1. The van der Waals surface area contributed by atoms with Crippen molar-refractivity contribution in [1.82, 2.24) is 19.2 Å². The Labute approximate surface area is 177 Å². The maximum absolute atomic E-state index is 12.6. The van der Waals surface area contributed by atoms with E-state index in [9.17, 15) is 13.2 Å². The van der Waals surface area contributed by atoms with Crippen molar-refractivity contribution in [3.63, 3.8) is 0 Å². The van der Waals surface area contributed by atoms with Crippen LogP contribution in [0.3, 0.4) is 0 Å². The fraction of sp³-hybridized carbons (Fsp3) is 0.364. The molecule has 0 fully saturated rings. The van der Waals surface area contributed by atoms with Gasteiger partial charge in [0.2, 0.25) is 15.9 Å². The molecular formula is C22H28N4O3S. The van der Waals surface area contributed by atoms with Gasteiger partial charge in [0.15, 0.2) is 0 Å². The molecule has 0 spiro atoms. The van der Waals surface area contributed by atoms with Crippen molar-refractivity contribution in [3.8, 4) is 0 Å². The molecule has 1 amide bonds. The van der Waals surface area contributed by atoms with Gasteiger partial charge in [-0.3, -0.25) is 4.79 Å². The summed E-state index contributed by atoms with van der Waals surface area (Å²) in [6.45, 7) is 6.93. The van der Waals surface area contributed by atoms with Gasteiger partial charge in [-0.2, -0.15) is 4.31 Å². The summed E-state index contributed by atoms with van der Waals surface area (Å²) in [4.78, 5) is 17.0. The maximum atomic E-state index is 12.6. The first-order valence-electron chi connectivity index (χ1n) is 10.2. The number of rotatable bonds is 9. The van der Waals surface area contributed by atoms with Crippen LogP contribution in [0.4, 0.5) is 0 Å². The number of aryl methyl sites for hydroxylation is 1. The highest BCUT2D eigenvalue weighted by molar-refractivity contribution is 7.89. The Balaban J connectivity index is 1.60. The van der Waals surface area contributed by atoms with E-state index in [0.717, 1.165) is 16.6 Å². The lowest BCUT2D eigenvalue weighted by atomic mass is 10.1. The van der Waals surface area contributed by atoms with Crippen LogP contribution in [-0.2, 0) is 21.4 Å². The molecule has 0 aliphatic carbocycles. The van der Waals surface area contributed by atoms with E-state index < -0.39 is 10.0 Å². The Morgan fingerprint density at radius 3 is 2.43 bits per heavy atom. The fourth-order valence-corrected chi connectivity index (χ4v) is 4.91. The minimum absolute atomic E-state index is 0.0693. The van der Waals surface area contributed by atoms with Crippen LogP contribution < -0.4 is 5.32 Å². The molecule has 3 aromatic rings. The number of imidazole rings is 1. The zero-order valence-corrected chi connectivity index (χ0v) is 18.4. The summed E-state index contributed by atoms with van der Waals surface area (Å²) in [7, 11) is -3.48. The molecule has 1 N–H and O–H groups in total. The molecule has 1 unspecified atom stereocenters. The van der Waals surface area contributed by atoms with Crippen molar-refractivity contribution < 1.29 is 13.2 Å². The zero-order valence-electron chi connectivity index (χ0n) is 17.6. The topological polar surface area (TPSA) is 84.3 Å². The normalized spacial score (nSPS) is 12.9. The van der Waals surface area contributed by atoms with E-state index in [1.54, 1.807) is 30.6 Å². The number of carbonyl (C=O) groups excluding carboxylic acids is 1. The van der Waals surface area contributed by atoms with Crippen LogP contribution in [0, 0.1) is 0 Å². The van der Waals surface area contributed by atoms with Crippen LogP contribution in [0.2, 0.25) is 0 Å². The first-order valence-corrected chi connectivity index (χ1v) is 11.6. The number of amides is 1. The molecule has 30 heavy (non-hydrogen) atoms. The van der Waals surface area contributed by atoms with Crippen molar-refractivity contribution in [3.05, 3.63) is 60.4 Å². The standard InChI is InChI=1S/C22H28N4O3S/c1-4-26(5-2)30(28,29)19-12-10-18(11-13-19)17(3)24-22(27)14-15-25-16-23-20-8-6-7-9-21(20)25/h6-13,16-17H,4-5,14-15H2,1-3H3,(H,24,27). The number of benzene rings is 2. The first kappa shape index (κ1) is 22.0. The smallest absolute Gasteiger partial charge is 0.243 e. The third-order valence-electron chi connectivity index (χ3n) is 5.21. The Morgan fingerprint density at radius 2 is 1.77 bits per heavy atom. The second-order valence-electron chi connectivity index (χ2n) is 7.12. The first-order chi connectivity index (χ1) is 14.4. The summed E-state index contributed by atoms with van der Waals surface area (Å²) in [5, 5.41) is 2.98. The van der Waals surface area contributed by atoms with Gasteiger partial charge in [-0.25, -0.2) is 13.4 Å². The molecule has 2 aromatic carbocycles. The lowest BCUT2D eigenvalue weighted by molar-refractivity contribution is -0.121. The number of carbonyl (C=O) groups is 1. The molecule has 0 saturated heterocycles. The van der Waals surface area contributed by atoms with E-state index in [1.807, 2.05) is 49.6 Å². The van der Waals surface area contributed by atoms with E-state index in [0.29, 0.717) is 26.1 Å². The van der Waals surface area contributed by atoms with Crippen molar-refractivity contribution in [2.24, 2.45) is 0 Å². The van der Waals surface area contributed by atoms with Gasteiger partial charge in [0.25, 0.3) is 0 Å². The molecular weight excluding hydrogens is 400 g/mol. The van der Waals surface area contributed by atoms with Gasteiger partial charge < -0.3 is 9.88 Å². The Hall–Kier alpha value is -2.71. The van der Waals surface area contributed by atoms with Crippen LogP contribution in [0.15, 0.2) is 59.8 Å². The number of hydrogen-bond donors (Lipinski definition) is 1. The predicted octanol–water partition coefficient (Wildman–Crippen LogP) is 3.33. The van der Waals surface area contributed by atoms with E-state index in [-0.39, 0.29) is 16.8 Å². The molecule has 8 heteroatoms. The van der Waals surface area contributed by atoms with Crippen molar-refractivity contribution >= 4 is 27.0 Å². The van der Waals surface area contributed by atoms with Crippen LogP contribution in [0.5, 0.6) is 0 Å². The van der Waals surface area contributed by atoms with Gasteiger partial charge in [0.05, 0.1) is 28.3 Å². The minimum atomic E-state index is -3.48. The monoisotopic (exact) mass is 428 g/mol. The lowest BCUT2D eigenvalue weighted by Gasteiger charge is -2.19. The number of nitrogens with zero attached hydrogens (tertiary/aromatic N) is 3. The molecule has 1 atom stereocenters. The highest BCUT2D eigenvalue weighted by Gasteiger charge is 2.21. The third kappa shape index (κ3) is 4.71. The Bertz CT molecular complexity index is 1100. The van der Waals surface area contributed by atoms with Crippen molar-refractivity contribution in [2.75, 3.05) is 13.1 Å². The summed E-state index contributed by atoms with van der Waals surface area (Å²) < 4.78 is 28.6. The van der Waals surface area contributed by atoms with Crippen LogP contribution in [0.1, 0.15) is 38.8 Å². The maximum Gasteiger partial charge on any atom is 0.243 e. The van der Waals surface area contributed by atoms with E-state index in [4.69, 9.17) is 0 Å². The van der Waals surface area contributed by atoms with Crippen LogP contribution in [-0.4, -0.2) is 41.3 Å². The van der Waals surface area contributed by atoms with Gasteiger partial charge in [0, 0.05) is 26.1 Å². The summed E-state index contributed by atoms with van der Waals surface area (Å²) in [6.07, 6.45) is 2.08. The average Bonchev–Trinajstić information content (AvgIpc) is 3.16. The van der Waals surface area contributed by atoms with Gasteiger partial charge in [-0.1, -0.05) is 38.1 Å². The molecule has 0 bridgehead atoms. The van der Waals surface area contributed by atoms with Gasteiger partial charge in [0.1, 0.15) is 0 Å². The molecule has 7 nitrogen and oxygen atoms in total. The number of aromatic nitrogens is 2. The van der Waals surface area contributed by atoms with Gasteiger partial charge in [-0.15, -0.1) is 0 Å². The van der Waals surface area contributed by atoms with E-state index in [1.165, 1.54) is 4.31 Å². The van der Waals surface area contributed by atoms with Crippen molar-refractivity contribution in [2.45, 2.75) is 44.7 Å². The molecule has 0 radical (unpaired) electrons. The molecule has 0 aliphatic heterocycles. The van der Waals surface area contributed by atoms with Gasteiger partial charge >= 0.3 is 0 Å².